The van der Waals surface area contributed by atoms with Crippen LogP contribution in [0.3, 0.4) is 0 Å². The van der Waals surface area contributed by atoms with E-state index in [1.165, 1.54) is 36.5 Å². The Hall–Kier alpha value is -0.660. The van der Waals surface area contributed by atoms with Crippen LogP contribution in [0.25, 0.3) is 0 Å². The van der Waals surface area contributed by atoms with Gasteiger partial charge in [-0.15, -0.1) is 0 Å². The zero-order chi connectivity index (χ0) is 22.0. The second-order valence-corrected chi connectivity index (χ2v) is 10.9. The number of halogens is 1. The van der Waals surface area contributed by atoms with Crippen molar-refractivity contribution in [3.63, 3.8) is 0 Å². The Labute approximate surface area is 188 Å². The van der Waals surface area contributed by atoms with Crippen LogP contribution in [0.15, 0.2) is 29.2 Å². The van der Waals surface area contributed by atoms with Crippen LogP contribution >= 0.6 is 11.6 Å². The lowest BCUT2D eigenvalue weighted by atomic mass is 9.93. The highest BCUT2D eigenvalue weighted by Crippen LogP contribution is 2.28. The molecule has 0 saturated heterocycles. The predicted molar refractivity (Wildman–Crippen MR) is 125 cm³/mol. The Bertz CT molecular complexity index is 704. The highest BCUT2D eigenvalue weighted by atomic mass is 35.5. The third-order valence-electron chi connectivity index (χ3n) is 6.08. The monoisotopic (exact) mass is 458 g/mol. The topological polar surface area (TPSA) is 49.9 Å². The summed E-state index contributed by atoms with van der Waals surface area (Å²) in [5.74, 6) is 0. The van der Waals surface area contributed by atoms with Crippen molar-refractivity contribution in [1.29, 1.82) is 0 Å². The van der Waals surface area contributed by atoms with Crippen LogP contribution in [-0.2, 0) is 14.8 Å². The molecule has 1 saturated carbocycles. The van der Waals surface area contributed by atoms with Crippen molar-refractivity contribution in [3.05, 3.63) is 29.3 Å². The van der Waals surface area contributed by atoms with E-state index in [4.69, 9.17) is 16.3 Å². The van der Waals surface area contributed by atoms with Crippen LogP contribution in [0, 0.1) is 0 Å². The molecule has 1 aromatic carbocycles. The van der Waals surface area contributed by atoms with E-state index in [1.54, 1.807) is 31.3 Å². The minimum Gasteiger partial charge on any atom is -0.378 e. The second-order valence-electron chi connectivity index (χ2n) is 8.49. The molecule has 1 aliphatic carbocycles. The van der Waals surface area contributed by atoms with Gasteiger partial charge in [0.25, 0.3) is 0 Å². The molecule has 1 fully saturated rings. The summed E-state index contributed by atoms with van der Waals surface area (Å²) in [5.41, 5.74) is 0. The molecule has 30 heavy (non-hydrogen) atoms. The molecule has 1 aliphatic rings. The second kappa shape index (κ2) is 13.0. The minimum absolute atomic E-state index is 0.0299. The fourth-order valence-corrected chi connectivity index (χ4v) is 5.56. The first-order valence-corrected chi connectivity index (χ1v) is 13.2. The first-order valence-electron chi connectivity index (χ1n) is 11.4. The summed E-state index contributed by atoms with van der Waals surface area (Å²) in [6.07, 6.45) is 9.90. The Morgan fingerprint density at radius 2 is 1.57 bits per heavy atom. The van der Waals surface area contributed by atoms with Crippen molar-refractivity contribution in [1.82, 2.24) is 9.21 Å². The van der Waals surface area contributed by atoms with Gasteiger partial charge in [-0.3, -0.25) is 0 Å². The van der Waals surface area contributed by atoms with Crippen molar-refractivity contribution in [2.45, 2.75) is 81.8 Å². The lowest BCUT2D eigenvalue weighted by Gasteiger charge is -2.34. The molecule has 0 amide bonds. The van der Waals surface area contributed by atoms with Gasteiger partial charge in [-0.25, -0.2) is 8.42 Å². The van der Waals surface area contributed by atoms with E-state index in [9.17, 15) is 8.42 Å². The standard InChI is InChI=1S/C23H39ClN2O3S/c1-4-5-6-17-25(2)18-7-8-19-29-22-13-11-21(12-14-22)26(3)30(27,28)23-15-9-20(24)10-16-23/h9-10,15-16,21-22H,4-8,11-14,17-19H2,1-3H3/t21-,22-. The van der Waals surface area contributed by atoms with E-state index in [0.29, 0.717) is 9.92 Å². The van der Waals surface area contributed by atoms with Gasteiger partial charge in [0.2, 0.25) is 10.0 Å². The predicted octanol–water partition coefficient (Wildman–Crippen LogP) is 5.19. The Balaban J connectivity index is 1.65. The fraction of sp³-hybridized carbons (Fsp3) is 0.739. The zero-order valence-electron chi connectivity index (χ0n) is 18.9. The van der Waals surface area contributed by atoms with Gasteiger partial charge in [-0.1, -0.05) is 31.4 Å². The molecule has 5 nitrogen and oxygen atoms in total. The maximum Gasteiger partial charge on any atom is 0.243 e. The van der Waals surface area contributed by atoms with Crippen LogP contribution < -0.4 is 0 Å². The van der Waals surface area contributed by atoms with Gasteiger partial charge in [-0.2, -0.15) is 4.31 Å². The Morgan fingerprint density at radius 1 is 0.967 bits per heavy atom. The van der Waals surface area contributed by atoms with Crippen molar-refractivity contribution < 1.29 is 13.2 Å². The van der Waals surface area contributed by atoms with Crippen molar-refractivity contribution in [2.75, 3.05) is 33.8 Å². The lowest BCUT2D eigenvalue weighted by Crippen LogP contribution is -2.40. The molecule has 0 spiro atoms. The van der Waals surface area contributed by atoms with E-state index in [-0.39, 0.29) is 12.1 Å². The largest absolute Gasteiger partial charge is 0.378 e. The summed E-state index contributed by atoms with van der Waals surface area (Å²) >= 11 is 5.88. The van der Waals surface area contributed by atoms with E-state index < -0.39 is 10.0 Å². The number of hydrogen-bond acceptors (Lipinski definition) is 4. The van der Waals surface area contributed by atoms with Crippen LogP contribution in [0.5, 0.6) is 0 Å². The molecule has 7 heteroatoms. The molecule has 0 N–H and O–H groups in total. The maximum absolute atomic E-state index is 12.9. The Morgan fingerprint density at radius 3 is 2.17 bits per heavy atom. The number of nitrogens with zero attached hydrogens (tertiary/aromatic N) is 2. The van der Waals surface area contributed by atoms with Gasteiger partial charge in [0.15, 0.2) is 0 Å². The summed E-state index contributed by atoms with van der Waals surface area (Å²) in [4.78, 5) is 2.71. The average molecular weight is 459 g/mol. The van der Waals surface area contributed by atoms with Crippen molar-refractivity contribution >= 4 is 21.6 Å². The van der Waals surface area contributed by atoms with Crippen LogP contribution in [0.1, 0.15) is 64.7 Å². The SMILES string of the molecule is CCCCCN(C)CCCCO[C@H]1CC[C@H](N(C)S(=O)(=O)c2ccc(Cl)cc2)CC1. The van der Waals surface area contributed by atoms with E-state index in [0.717, 1.165) is 45.3 Å². The molecule has 0 bridgehead atoms. The Kier molecular flexibility index (Phi) is 11.1. The van der Waals surface area contributed by atoms with Crippen molar-refractivity contribution in [2.24, 2.45) is 0 Å². The van der Waals surface area contributed by atoms with Crippen molar-refractivity contribution in [3.8, 4) is 0 Å². The molecule has 0 heterocycles. The van der Waals surface area contributed by atoms with E-state index in [2.05, 4.69) is 18.9 Å². The molecule has 0 unspecified atom stereocenters. The third kappa shape index (κ3) is 8.12. The van der Waals surface area contributed by atoms with Gasteiger partial charge >= 0.3 is 0 Å². The first kappa shape index (κ1) is 25.6. The molecular weight excluding hydrogens is 420 g/mol. The normalized spacial score (nSPS) is 20.2. The summed E-state index contributed by atoms with van der Waals surface area (Å²) in [6, 6.07) is 6.42. The van der Waals surface area contributed by atoms with Gasteiger partial charge in [0, 0.05) is 24.7 Å². The smallest absolute Gasteiger partial charge is 0.243 e. The summed E-state index contributed by atoms with van der Waals surface area (Å²) in [7, 11) is 0.403. The molecule has 0 radical (unpaired) electrons. The number of benzene rings is 1. The molecule has 1 aromatic rings. The molecule has 0 aromatic heterocycles. The molecule has 0 atom stereocenters. The number of rotatable bonds is 13. The summed E-state index contributed by atoms with van der Waals surface area (Å²) in [6.45, 7) is 5.36. The van der Waals surface area contributed by atoms with Crippen LogP contribution in [0.2, 0.25) is 5.02 Å². The quantitative estimate of drug-likeness (QED) is 0.381. The molecular formula is C23H39ClN2O3S. The third-order valence-corrected chi connectivity index (χ3v) is 8.26. The highest BCUT2D eigenvalue weighted by molar-refractivity contribution is 7.89. The average Bonchev–Trinajstić information content (AvgIpc) is 2.74. The fourth-order valence-electron chi connectivity index (χ4n) is 4.02. The summed E-state index contributed by atoms with van der Waals surface area (Å²) in [5, 5.41) is 0.539. The van der Waals surface area contributed by atoms with Crippen LogP contribution in [-0.4, -0.2) is 63.6 Å². The number of unbranched alkanes of at least 4 members (excludes halogenated alkanes) is 3. The van der Waals surface area contributed by atoms with Gasteiger partial charge < -0.3 is 9.64 Å². The van der Waals surface area contributed by atoms with E-state index in [1.807, 2.05) is 0 Å². The van der Waals surface area contributed by atoms with Gasteiger partial charge in [-0.05, 0) is 89.3 Å². The highest BCUT2D eigenvalue weighted by Gasteiger charge is 2.31. The zero-order valence-corrected chi connectivity index (χ0v) is 20.4. The first-order chi connectivity index (χ1) is 14.3. The molecule has 0 aliphatic heterocycles. The maximum atomic E-state index is 12.9. The number of hydrogen-bond donors (Lipinski definition) is 0. The lowest BCUT2D eigenvalue weighted by molar-refractivity contribution is 0.0152. The van der Waals surface area contributed by atoms with Crippen LogP contribution in [0.4, 0.5) is 0 Å². The molecule has 2 rings (SSSR count). The van der Waals surface area contributed by atoms with E-state index >= 15 is 0 Å². The summed E-state index contributed by atoms with van der Waals surface area (Å²) < 4.78 is 33.3. The van der Waals surface area contributed by atoms with Gasteiger partial charge in [0.05, 0.1) is 11.0 Å². The number of sulfonamides is 1. The van der Waals surface area contributed by atoms with Gasteiger partial charge in [0.1, 0.15) is 0 Å². The molecule has 172 valence electrons. The number of ether oxygens (including phenoxy) is 1. The minimum atomic E-state index is -3.48.